The smallest absolute Gasteiger partial charge is 0.307 e. The average molecular weight is 334 g/mol. The quantitative estimate of drug-likeness (QED) is 0.813. The number of anilines is 1. The van der Waals surface area contributed by atoms with E-state index < -0.39 is 22.1 Å². The fourth-order valence-electron chi connectivity index (χ4n) is 2.20. The van der Waals surface area contributed by atoms with Crippen molar-refractivity contribution in [1.29, 1.82) is 0 Å². The zero-order valence-corrected chi connectivity index (χ0v) is 13.0. The van der Waals surface area contributed by atoms with Crippen molar-refractivity contribution in [3.63, 3.8) is 0 Å². The van der Waals surface area contributed by atoms with Crippen LogP contribution in [0.25, 0.3) is 0 Å². The SMILES string of the molecule is Cc1nc(Cl)ccc1NS(=O)(=O)N1CCCC(C(=O)O)C1. The lowest BCUT2D eigenvalue weighted by Crippen LogP contribution is -2.44. The number of nitrogens with zero attached hydrogens (tertiary/aromatic N) is 2. The molecule has 9 heteroatoms. The summed E-state index contributed by atoms with van der Waals surface area (Å²) in [4.78, 5) is 15.0. The van der Waals surface area contributed by atoms with Gasteiger partial charge in [-0.1, -0.05) is 11.6 Å². The number of halogens is 1. The van der Waals surface area contributed by atoms with Gasteiger partial charge in [0, 0.05) is 13.1 Å². The van der Waals surface area contributed by atoms with Gasteiger partial charge in [-0.15, -0.1) is 0 Å². The molecule has 0 amide bonds. The number of piperidine rings is 1. The molecule has 1 aromatic rings. The number of hydrogen-bond donors (Lipinski definition) is 2. The van der Waals surface area contributed by atoms with Crippen molar-refractivity contribution in [1.82, 2.24) is 9.29 Å². The van der Waals surface area contributed by atoms with Crippen LogP contribution in [-0.2, 0) is 15.0 Å². The molecule has 7 nitrogen and oxygen atoms in total. The summed E-state index contributed by atoms with van der Waals surface area (Å²) in [7, 11) is -3.80. The third kappa shape index (κ3) is 3.84. The molecular weight excluding hydrogens is 318 g/mol. The molecule has 21 heavy (non-hydrogen) atoms. The highest BCUT2D eigenvalue weighted by Crippen LogP contribution is 2.22. The summed E-state index contributed by atoms with van der Waals surface area (Å²) >= 11 is 5.73. The Bertz CT molecular complexity index is 650. The van der Waals surface area contributed by atoms with Gasteiger partial charge in [0.15, 0.2) is 0 Å². The molecule has 2 heterocycles. The maximum absolute atomic E-state index is 12.3. The van der Waals surface area contributed by atoms with Gasteiger partial charge in [-0.25, -0.2) is 4.98 Å². The number of carboxylic acids is 1. The Morgan fingerprint density at radius 2 is 2.24 bits per heavy atom. The third-order valence-electron chi connectivity index (χ3n) is 3.36. The molecule has 0 spiro atoms. The van der Waals surface area contributed by atoms with Crippen LogP contribution in [0.15, 0.2) is 12.1 Å². The monoisotopic (exact) mass is 333 g/mol. The number of hydrogen-bond acceptors (Lipinski definition) is 4. The van der Waals surface area contributed by atoms with E-state index in [9.17, 15) is 13.2 Å². The minimum Gasteiger partial charge on any atom is -0.481 e. The topological polar surface area (TPSA) is 99.6 Å². The molecular formula is C12H16ClN3O4S. The number of nitrogens with one attached hydrogen (secondary N) is 1. The van der Waals surface area contributed by atoms with Crippen LogP contribution in [0.2, 0.25) is 5.15 Å². The van der Waals surface area contributed by atoms with Gasteiger partial charge in [0.1, 0.15) is 5.15 Å². The van der Waals surface area contributed by atoms with E-state index in [2.05, 4.69) is 9.71 Å². The van der Waals surface area contributed by atoms with Gasteiger partial charge in [-0.05, 0) is 31.9 Å². The van der Waals surface area contributed by atoms with Crippen molar-refractivity contribution in [3.05, 3.63) is 23.0 Å². The molecule has 1 saturated heterocycles. The van der Waals surface area contributed by atoms with E-state index in [1.54, 1.807) is 6.92 Å². The van der Waals surface area contributed by atoms with Crippen LogP contribution < -0.4 is 4.72 Å². The minimum absolute atomic E-state index is 0.0231. The molecule has 1 aliphatic rings. The van der Waals surface area contributed by atoms with Gasteiger partial charge in [0.25, 0.3) is 0 Å². The van der Waals surface area contributed by atoms with Crippen LogP contribution >= 0.6 is 11.6 Å². The predicted molar refractivity (Wildman–Crippen MR) is 78.5 cm³/mol. The lowest BCUT2D eigenvalue weighted by atomic mass is 10.0. The minimum atomic E-state index is -3.80. The number of aryl methyl sites for hydroxylation is 1. The van der Waals surface area contributed by atoms with Crippen molar-refractivity contribution in [2.75, 3.05) is 17.8 Å². The second-order valence-corrected chi connectivity index (χ2v) is 6.97. The first-order valence-corrected chi connectivity index (χ1v) is 8.25. The Balaban J connectivity index is 2.16. The van der Waals surface area contributed by atoms with Crippen LogP contribution in [0.5, 0.6) is 0 Å². The Morgan fingerprint density at radius 3 is 2.86 bits per heavy atom. The lowest BCUT2D eigenvalue weighted by Gasteiger charge is -2.30. The number of rotatable bonds is 4. The summed E-state index contributed by atoms with van der Waals surface area (Å²) in [6.45, 7) is 1.92. The first-order valence-electron chi connectivity index (χ1n) is 6.43. The molecule has 0 aliphatic carbocycles. The number of carbonyl (C=O) groups is 1. The summed E-state index contributed by atoms with van der Waals surface area (Å²) in [6.07, 6.45) is 1.01. The van der Waals surface area contributed by atoms with Crippen molar-refractivity contribution >= 4 is 33.5 Å². The van der Waals surface area contributed by atoms with E-state index in [4.69, 9.17) is 16.7 Å². The number of aromatic nitrogens is 1. The van der Waals surface area contributed by atoms with Crippen LogP contribution in [-0.4, -0.2) is 41.9 Å². The van der Waals surface area contributed by atoms with Gasteiger partial charge in [-0.2, -0.15) is 12.7 Å². The predicted octanol–water partition coefficient (Wildman–Crippen LogP) is 1.50. The largest absolute Gasteiger partial charge is 0.481 e. The molecule has 2 N–H and O–H groups in total. The normalized spacial score (nSPS) is 20.2. The molecule has 1 aromatic heterocycles. The third-order valence-corrected chi connectivity index (χ3v) is 5.06. The molecule has 0 bridgehead atoms. The highest BCUT2D eigenvalue weighted by molar-refractivity contribution is 7.90. The van der Waals surface area contributed by atoms with E-state index >= 15 is 0 Å². The molecule has 0 saturated carbocycles. The van der Waals surface area contributed by atoms with E-state index in [0.29, 0.717) is 30.8 Å². The average Bonchev–Trinajstić information content (AvgIpc) is 2.42. The van der Waals surface area contributed by atoms with Crippen molar-refractivity contribution in [2.24, 2.45) is 5.92 Å². The molecule has 116 valence electrons. The highest BCUT2D eigenvalue weighted by Gasteiger charge is 2.32. The van der Waals surface area contributed by atoms with Crippen LogP contribution in [0.1, 0.15) is 18.5 Å². The molecule has 0 radical (unpaired) electrons. The maximum atomic E-state index is 12.3. The first-order chi connectivity index (χ1) is 9.79. The second kappa shape index (κ2) is 6.17. The van der Waals surface area contributed by atoms with Gasteiger partial charge < -0.3 is 5.11 Å². The van der Waals surface area contributed by atoms with Crippen LogP contribution in [0.3, 0.4) is 0 Å². The summed E-state index contributed by atoms with van der Waals surface area (Å²) < 4.78 is 28.2. The van der Waals surface area contributed by atoms with Crippen molar-refractivity contribution in [2.45, 2.75) is 19.8 Å². The summed E-state index contributed by atoms with van der Waals surface area (Å²) in [6, 6.07) is 3.02. The van der Waals surface area contributed by atoms with Crippen LogP contribution in [0.4, 0.5) is 5.69 Å². The zero-order chi connectivity index (χ0) is 15.6. The van der Waals surface area contributed by atoms with Crippen molar-refractivity contribution in [3.8, 4) is 0 Å². The van der Waals surface area contributed by atoms with Gasteiger partial charge >= 0.3 is 16.2 Å². The Labute approximate surface area is 128 Å². The van der Waals surface area contributed by atoms with E-state index in [0.717, 1.165) is 4.31 Å². The molecule has 0 aromatic carbocycles. The Hall–Kier alpha value is -1.38. The first kappa shape index (κ1) is 16.0. The number of pyridine rings is 1. The zero-order valence-electron chi connectivity index (χ0n) is 11.4. The summed E-state index contributed by atoms with van der Waals surface area (Å²) in [5, 5.41) is 9.30. The fourth-order valence-corrected chi connectivity index (χ4v) is 3.76. The molecule has 1 aliphatic heterocycles. The van der Waals surface area contributed by atoms with Gasteiger partial charge in [0.2, 0.25) is 0 Å². The second-order valence-electron chi connectivity index (χ2n) is 4.91. The standard InChI is InChI=1S/C12H16ClN3O4S/c1-8-10(4-5-11(13)14-8)15-21(19,20)16-6-2-3-9(7-16)12(17)18/h4-5,9,15H,2-3,6-7H2,1H3,(H,17,18). The van der Waals surface area contributed by atoms with Crippen LogP contribution in [0, 0.1) is 12.8 Å². The summed E-state index contributed by atoms with van der Waals surface area (Å²) in [5.41, 5.74) is 0.787. The molecule has 2 rings (SSSR count). The van der Waals surface area contributed by atoms with E-state index in [-0.39, 0.29) is 11.7 Å². The molecule has 1 atom stereocenters. The molecule has 1 unspecified atom stereocenters. The Kier molecular flexibility index (Phi) is 4.70. The Morgan fingerprint density at radius 1 is 1.52 bits per heavy atom. The fraction of sp³-hybridized carbons (Fsp3) is 0.500. The highest BCUT2D eigenvalue weighted by atomic mass is 35.5. The number of aliphatic carboxylic acids is 1. The van der Waals surface area contributed by atoms with E-state index in [1.807, 2.05) is 0 Å². The lowest BCUT2D eigenvalue weighted by molar-refractivity contribution is -0.142. The molecule has 1 fully saturated rings. The van der Waals surface area contributed by atoms with Crippen molar-refractivity contribution < 1.29 is 18.3 Å². The van der Waals surface area contributed by atoms with Gasteiger partial charge in [0.05, 0.1) is 17.3 Å². The van der Waals surface area contributed by atoms with Gasteiger partial charge in [-0.3, -0.25) is 9.52 Å². The maximum Gasteiger partial charge on any atom is 0.307 e. The summed E-state index contributed by atoms with van der Waals surface area (Å²) in [5.74, 6) is -1.64. The number of carboxylic acid groups (broad SMARTS) is 1. The van der Waals surface area contributed by atoms with E-state index in [1.165, 1.54) is 12.1 Å².